The molecule has 0 unspecified atom stereocenters. The second kappa shape index (κ2) is 12.5. The highest BCUT2D eigenvalue weighted by Crippen LogP contribution is 2.34. The number of hydrogen-bond donors (Lipinski definition) is 2. The molecule has 1 aliphatic heterocycles. The second-order valence-corrected chi connectivity index (χ2v) is 9.28. The molecule has 3 N–H and O–H groups in total. The number of aromatic nitrogens is 2. The summed E-state index contributed by atoms with van der Waals surface area (Å²) >= 11 is 0. The molecule has 2 heterocycles. The number of carbonyl (C=O) groups excluding carboxylic acids is 1. The Morgan fingerprint density at radius 2 is 1.69 bits per heavy atom. The van der Waals surface area contributed by atoms with Crippen molar-refractivity contribution in [3.63, 3.8) is 0 Å². The monoisotopic (exact) mass is 515 g/mol. The van der Waals surface area contributed by atoms with E-state index in [0.717, 1.165) is 50.0 Å². The summed E-state index contributed by atoms with van der Waals surface area (Å²) in [6, 6.07) is 20.9. The van der Waals surface area contributed by atoms with Gasteiger partial charge in [0.25, 0.3) is 5.91 Å². The minimum Gasteiger partial charge on any atom is -0.331 e. The van der Waals surface area contributed by atoms with Crippen molar-refractivity contribution in [2.24, 2.45) is 5.73 Å². The largest absolute Gasteiger partial charge is 0.331 e. The highest BCUT2D eigenvalue weighted by atomic mass is 35.5. The Morgan fingerprint density at radius 1 is 1.00 bits per heavy atom. The molecule has 3 atom stereocenters. The van der Waals surface area contributed by atoms with Crippen LogP contribution in [0, 0.1) is 0 Å². The number of rotatable bonds is 5. The van der Waals surface area contributed by atoms with Crippen molar-refractivity contribution in [2.75, 3.05) is 19.6 Å². The predicted octanol–water partition coefficient (Wildman–Crippen LogP) is 4.49. The van der Waals surface area contributed by atoms with E-state index in [1.54, 1.807) is 0 Å². The van der Waals surface area contributed by atoms with Crippen LogP contribution in [0.15, 0.2) is 67.0 Å². The molecular formula is C27H35Cl2N5O. The number of amides is 1. The number of halogens is 2. The Kier molecular flexibility index (Phi) is 9.75. The fourth-order valence-corrected chi connectivity index (χ4v) is 5.37. The van der Waals surface area contributed by atoms with E-state index < -0.39 is 0 Å². The number of imidazole rings is 1. The van der Waals surface area contributed by atoms with Crippen LogP contribution in [0.1, 0.15) is 47.8 Å². The Hall–Kier alpha value is -2.38. The highest BCUT2D eigenvalue weighted by Gasteiger charge is 2.33. The molecule has 0 bridgehead atoms. The number of hydrogen-bond acceptors (Lipinski definition) is 4. The average Bonchev–Trinajstić information content (AvgIpc) is 3.30. The third kappa shape index (κ3) is 5.89. The van der Waals surface area contributed by atoms with Crippen molar-refractivity contribution >= 4 is 30.7 Å². The maximum Gasteiger partial charge on any atom is 0.275 e. The molecule has 35 heavy (non-hydrogen) atoms. The van der Waals surface area contributed by atoms with Crippen LogP contribution in [0.25, 0.3) is 11.3 Å². The van der Waals surface area contributed by atoms with Crippen LogP contribution in [0.5, 0.6) is 0 Å². The predicted molar refractivity (Wildman–Crippen MR) is 145 cm³/mol. The molecule has 5 rings (SSSR count). The topological polar surface area (TPSA) is 76.2 Å². The van der Waals surface area contributed by atoms with Crippen molar-refractivity contribution in [1.29, 1.82) is 0 Å². The summed E-state index contributed by atoms with van der Waals surface area (Å²) in [5, 5.41) is 3.46. The molecule has 8 heteroatoms. The van der Waals surface area contributed by atoms with Crippen molar-refractivity contribution in [3.8, 4) is 11.3 Å². The average molecular weight is 517 g/mol. The van der Waals surface area contributed by atoms with Gasteiger partial charge in [-0.2, -0.15) is 0 Å². The van der Waals surface area contributed by atoms with E-state index in [1.165, 1.54) is 12.0 Å². The second-order valence-electron chi connectivity index (χ2n) is 9.28. The van der Waals surface area contributed by atoms with E-state index in [0.29, 0.717) is 12.2 Å². The lowest BCUT2D eigenvalue weighted by molar-refractivity contribution is 0.0631. The number of piperazine rings is 1. The molecule has 1 saturated heterocycles. The first-order valence-corrected chi connectivity index (χ1v) is 12.2. The van der Waals surface area contributed by atoms with E-state index in [-0.39, 0.29) is 48.8 Å². The van der Waals surface area contributed by atoms with E-state index in [4.69, 9.17) is 10.7 Å². The van der Waals surface area contributed by atoms with Gasteiger partial charge in [-0.3, -0.25) is 4.79 Å². The standard InChI is InChI=1S/C27H33N5O.2ClH/c28-23-13-7-8-14-24(23)32-19-30-25(26(32)21-11-5-2-6-12-21)27(33)31-16-15-29-18-22(31)17-20-9-3-1-4-10-20;;/h1-6,9-12,19,22-24,29H,7-8,13-18,28H2;2*1H/t22-,23-,24+;;/m1../s1. The van der Waals surface area contributed by atoms with Gasteiger partial charge in [-0.1, -0.05) is 73.5 Å². The summed E-state index contributed by atoms with van der Waals surface area (Å²) in [6.45, 7) is 2.27. The molecule has 1 aliphatic carbocycles. The molecule has 2 aliphatic rings. The van der Waals surface area contributed by atoms with Crippen LogP contribution in [0.2, 0.25) is 0 Å². The molecule has 2 fully saturated rings. The molecule has 1 saturated carbocycles. The molecular weight excluding hydrogens is 481 g/mol. The van der Waals surface area contributed by atoms with Gasteiger partial charge in [0.2, 0.25) is 0 Å². The maximum absolute atomic E-state index is 14.0. The van der Waals surface area contributed by atoms with Crippen LogP contribution in [-0.4, -0.2) is 52.1 Å². The van der Waals surface area contributed by atoms with Gasteiger partial charge in [0.1, 0.15) is 0 Å². The quantitative estimate of drug-likeness (QED) is 0.524. The number of nitrogens with zero attached hydrogens (tertiary/aromatic N) is 3. The highest BCUT2D eigenvalue weighted by molar-refractivity contribution is 5.98. The lowest BCUT2D eigenvalue weighted by Gasteiger charge is -2.36. The van der Waals surface area contributed by atoms with E-state index in [2.05, 4.69) is 46.3 Å². The van der Waals surface area contributed by atoms with E-state index >= 15 is 0 Å². The third-order valence-electron chi connectivity index (χ3n) is 7.11. The third-order valence-corrected chi connectivity index (χ3v) is 7.11. The fourth-order valence-electron chi connectivity index (χ4n) is 5.37. The van der Waals surface area contributed by atoms with Crippen LogP contribution < -0.4 is 11.1 Å². The van der Waals surface area contributed by atoms with Gasteiger partial charge in [-0.15, -0.1) is 24.8 Å². The van der Waals surface area contributed by atoms with Gasteiger partial charge in [-0.25, -0.2) is 4.98 Å². The van der Waals surface area contributed by atoms with E-state index in [9.17, 15) is 4.79 Å². The zero-order chi connectivity index (χ0) is 22.6. The van der Waals surface area contributed by atoms with Gasteiger partial charge in [0.05, 0.1) is 18.1 Å². The summed E-state index contributed by atoms with van der Waals surface area (Å²) in [7, 11) is 0. The van der Waals surface area contributed by atoms with Gasteiger partial charge in [0.15, 0.2) is 5.69 Å². The molecule has 6 nitrogen and oxygen atoms in total. The van der Waals surface area contributed by atoms with Crippen LogP contribution >= 0.6 is 24.8 Å². The zero-order valence-electron chi connectivity index (χ0n) is 19.9. The molecule has 2 aromatic carbocycles. The lowest BCUT2D eigenvalue weighted by atomic mass is 9.90. The van der Waals surface area contributed by atoms with E-state index in [1.807, 2.05) is 35.5 Å². The van der Waals surface area contributed by atoms with Crippen LogP contribution in [-0.2, 0) is 6.42 Å². The summed E-state index contributed by atoms with van der Waals surface area (Å²) in [5.74, 6) is 0.0133. The van der Waals surface area contributed by atoms with Gasteiger partial charge >= 0.3 is 0 Å². The first-order valence-electron chi connectivity index (χ1n) is 12.2. The van der Waals surface area contributed by atoms with Crippen molar-refractivity contribution in [1.82, 2.24) is 19.8 Å². The normalized spacial score (nSPS) is 22.1. The number of nitrogens with one attached hydrogen (secondary N) is 1. The Labute approximate surface area is 220 Å². The summed E-state index contributed by atoms with van der Waals surface area (Å²) in [6.07, 6.45) is 7.03. The number of carbonyl (C=O) groups is 1. The summed E-state index contributed by atoms with van der Waals surface area (Å²) < 4.78 is 2.18. The molecule has 3 aromatic rings. The minimum absolute atomic E-state index is 0. The molecule has 188 valence electrons. The minimum atomic E-state index is 0. The summed E-state index contributed by atoms with van der Waals surface area (Å²) in [5.41, 5.74) is 10.2. The first-order chi connectivity index (χ1) is 16.2. The molecule has 0 radical (unpaired) electrons. The first kappa shape index (κ1) is 27.2. The number of benzene rings is 2. The molecule has 0 spiro atoms. The van der Waals surface area contributed by atoms with Gasteiger partial charge in [-0.05, 0) is 24.8 Å². The maximum atomic E-state index is 14.0. The Morgan fingerprint density at radius 3 is 2.40 bits per heavy atom. The molecule has 1 aromatic heterocycles. The smallest absolute Gasteiger partial charge is 0.275 e. The number of nitrogens with two attached hydrogens (primary N) is 1. The SMILES string of the molecule is Cl.Cl.N[C@@H]1CCCC[C@@H]1n1cnc(C(=O)N2CCNC[C@H]2Cc2ccccc2)c1-c1ccccc1. The van der Waals surface area contributed by atoms with Crippen molar-refractivity contribution < 1.29 is 4.79 Å². The summed E-state index contributed by atoms with van der Waals surface area (Å²) in [4.78, 5) is 20.7. The van der Waals surface area contributed by atoms with Crippen LogP contribution in [0.4, 0.5) is 0 Å². The van der Waals surface area contributed by atoms with Crippen molar-refractivity contribution in [3.05, 3.63) is 78.2 Å². The fraction of sp³-hybridized carbons (Fsp3) is 0.407. The molecule has 1 amide bonds. The lowest BCUT2D eigenvalue weighted by Crippen LogP contribution is -2.54. The van der Waals surface area contributed by atoms with Crippen LogP contribution in [0.3, 0.4) is 0 Å². The Bertz CT molecular complexity index is 1080. The van der Waals surface area contributed by atoms with Gasteiger partial charge < -0.3 is 20.5 Å². The van der Waals surface area contributed by atoms with Gasteiger partial charge in [0, 0.05) is 37.3 Å². The Balaban J connectivity index is 0.00000171. The zero-order valence-corrected chi connectivity index (χ0v) is 21.5. The van der Waals surface area contributed by atoms with Crippen molar-refractivity contribution in [2.45, 2.75) is 50.2 Å².